The zero-order valence-corrected chi connectivity index (χ0v) is 11.0. The Morgan fingerprint density at radius 3 is 2.88 bits per heavy atom. The Labute approximate surface area is 101 Å². The van der Waals surface area contributed by atoms with Crippen LogP contribution >= 0.6 is 11.3 Å². The van der Waals surface area contributed by atoms with Gasteiger partial charge >= 0.3 is 0 Å². The topological polar surface area (TPSA) is 41.1 Å². The third kappa shape index (κ3) is 3.94. The van der Waals surface area contributed by atoms with Gasteiger partial charge in [-0.15, -0.1) is 11.3 Å². The van der Waals surface area contributed by atoms with Crippen molar-refractivity contribution in [3.63, 3.8) is 0 Å². The number of nitrogens with one attached hydrogen (secondary N) is 2. The van der Waals surface area contributed by atoms with Crippen LogP contribution in [0.4, 0.5) is 0 Å². The third-order valence-corrected chi connectivity index (χ3v) is 3.67. The van der Waals surface area contributed by atoms with Gasteiger partial charge < -0.3 is 10.6 Å². The predicted octanol–water partition coefficient (Wildman–Crippen LogP) is 2.23. The highest BCUT2D eigenvalue weighted by Crippen LogP contribution is 2.23. The summed E-state index contributed by atoms with van der Waals surface area (Å²) >= 11 is 1.76. The van der Waals surface area contributed by atoms with E-state index in [9.17, 15) is 4.79 Å². The van der Waals surface area contributed by atoms with Crippen molar-refractivity contribution in [3.8, 4) is 0 Å². The summed E-state index contributed by atoms with van der Waals surface area (Å²) in [4.78, 5) is 12.6. The van der Waals surface area contributed by atoms with Crippen LogP contribution in [0.25, 0.3) is 0 Å². The molecule has 1 rings (SSSR count). The van der Waals surface area contributed by atoms with Crippen LogP contribution in [0.15, 0.2) is 11.4 Å². The zero-order chi connectivity index (χ0) is 12.0. The van der Waals surface area contributed by atoms with Gasteiger partial charge in [0.15, 0.2) is 0 Å². The van der Waals surface area contributed by atoms with Crippen LogP contribution in [0.1, 0.15) is 36.8 Å². The van der Waals surface area contributed by atoms with Gasteiger partial charge in [-0.2, -0.15) is 0 Å². The molecule has 1 aromatic rings. The van der Waals surface area contributed by atoms with E-state index in [4.69, 9.17) is 0 Å². The molecule has 16 heavy (non-hydrogen) atoms. The van der Waals surface area contributed by atoms with Crippen LogP contribution in [-0.2, 0) is 4.79 Å². The summed E-state index contributed by atoms with van der Waals surface area (Å²) in [6.07, 6.45) is 0.544. The van der Waals surface area contributed by atoms with E-state index in [1.54, 1.807) is 11.3 Å². The Morgan fingerprint density at radius 2 is 2.31 bits per heavy atom. The first-order chi connectivity index (χ1) is 7.65. The average Bonchev–Trinajstić information content (AvgIpc) is 2.64. The lowest BCUT2D eigenvalue weighted by atomic mass is 10.2. The van der Waals surface area contributed by atoms with Gasteiger partial charge in [0.05, 0.1) is 0 Å². The van der Waals surface area contributed by atoms with Crippen molar-refractivity contribution < 1.29 is 4.79 Å². The van der Waals surface area contributed by atoms with E-state index in [1.807, 2.05) is 6.92 Å². The van der Waals surface area contributed by atoms with Crippen molar-refractivity contribution in [2.45, 2.75) is 33.2 Å². The first-order valence-corrected chi connectivity index (χ1v) is 6.57. The van der Waals surface area contributed by atoms with Crippen molar-refractivity contribution in [1.29, 1.82) is 0 Å². The number of amides is 1. The summed E-state index contributed by atoms with van der Waals surface area (Å²) in [5.74, 6) is 0.116. The van der Waals surface area contributed by atoms with Gasteiger partial charge in [0, 0.05) is 30.4 Å². The number of hydrogen-bond donors (Lipinski definition) is 2. The fraction of sp³-hybridized carbons (Fsp3) is 0.583. The van der Waals surface area contributed by atoms with Crippen LogP contribution in [0.2, 0.25) is 0 Å². The standard InChI is InChI=1S/C12H20N2OS/c1-4-13-11(15)5-7-14-10(3)12-9(2)6-8-16-12/h6,8,10,14H,4-5,7H2,1-3H3,(H,13,15). The Bertz CT molecular complexity index is 336. The van der Waals surface area contributed by atoms with Crippen LogP contribution in [0, 0.1) is 6.92 Å². The van der Waals surface area contributed by atoms with E-state index in [1.165, 1.54) is 10.4 Å². The highest BCUT2D eigenvalue weighted by atomic mass is 32.1. The first kappa shape index (κ1) is 13.2. The van der Waals surface area contributed by atoms with E-state index < -0.39 is 0 Å². The van der Waals surface area contributed by atoms with Crippen molar-refractivity contribution in [1.82, 2.24) is 10.6 Å². The van der Waals surface area contributed by atoms with Gasteiger partial charge in [-0.1, -0.05) is 0 Å². The second-order valence-corrected chi connectivity index (χ2v) is 4.79. The molecule has 3 nitrogen and oxygen atoms in total. The molecular formula is C12H20N2OS. The minimum absolute atomic E-state index is 0.116. The second kappa shape index (κ2) is 6.66. The molecule has 0 radical (unpaired) electrons. The maximum absolute atomic E-state index is 11.2. The molecule has 0 aromatic carbocycles. The molecule has 0 fully saturated rings. The molecule has 0 bridgehead atoms. The van der Waals surface area contributed by atoms with Gasteiger partial charge in [-0.05, 0) is 37.8 Å². The Kier molecular flexibility index (Phi) is 5.49. The first-order valence-electron chi connectivity index (χ1n) is 5.69. The molecule has 2 N–H and O–H groups in total. The molecule has 0 spiro atoms. The highest BCUT2D eigenvalue weighted by molar-refractivity contribution is 7.10. The molecule has 0 saturated carbocycles. The Balaban J connectivity index is 2.28. The van der Waals surface area contributed by atoms with Gasteiger partial charge in [0.25, 0.3) is 0 Å². The monoisotopic (exact) mass is 240 g/mol. The van der Waals surface area contributed by atoms with Crippen LogP contribution < -0.4 is 10.6 Å². The summed E-state index contributed by atoms with van der Waals surface area (Å²) in [7, 11) is 0. The van der Waals surface area contributed by atoms with E-state index in [2.05, 4.69) is 35.9 Å². The van der Waals surface area contributed by atoms with Gasteiger partial charge in [-0.3, -0.25) is 4.79 Å². The molecule has 0 aliphatic carbocycles. The number of aryl methyl sites for hydroxylation is 1. The maximum atomic E-state index is 11.2. The minimum Gasteiger partial charge on any atom is -0.356 e. The maximum Gasteiger partial charge on any atom is 0.221 e. The zero-order valence-electron chi connectivity index (χ0n) is 10.2. The molecule has 0 aliphatic rings. The van der Waals surface area contributed by atoms with Crippen molar-refractivity contribution in [3.05, 3.63) is 21.9 Å². The predicted molar refractivity (Wildman–Crippen MR) is 68.8 cm³/mol. The third-order valence-electron chi connectivity index (χ3n) is 2.47. The van der Waals surface area contributed by atoms with Crippen LogP contribution in [0.5, 0.6) is 0 Å². The Morgan fingerprint density at radius 1 is 1.56 bits per heavy atom. The Hall–Kier alpha value is -0.870. The lowest BCUT2D eigenvalue weighted by Gasteiger charge is -2.13. The fourth-order valence-corrected chi connectivity index (χ4v) is 2.57. The summed E-state index contributed by atoms with van der Waals surface area (Å²) in [5, 5.41) is 8.26. The molecule has 0 aliphatic heterocycles. The summed E-state index contributed by atoms with van der Waals surface area (Å²) in [6.45, 7) is 7.62. The van der Waals surface area contributed by atoms with Crippen molar-refractivity contribution >= 4 is 17.2 Å². The number of carbonyl (C=O) groups is 1. The summed E-state index contributed by atoms with van der Waals surface area (Å²) < 4.78 is 0. The number of rotatable bonds is 6. The quantitative estimate of drug-likeness (QED) is 0.800. The molecule has 1 aromatic heterocycles. The SMILES string of the molecule is CCNC(=O)CCNC(C)c1sccc1C. The van der Waals surface area contributed by atoms with Gasteiger partial charge in [0.1, 0.15) is 0 Å². The molecule has 1 atom stereocenters. The lowest BCUT2D eigenvalue weighted by molar-refractivity contribution is -0.120. The second-order valence-electron chi connectivity index (χ2n) is 3.85. The van der Waals surface area contributed by atoms with Crippen LogP contribution in [-0.4, -0.2) is 19.0 Å². The molecule has 1 unspecified atom stereocenters. The summed E-state index contributed by atoms with van der Waals surface area (Å²) in [6, 6.07) is 2.46. The van der Waals surface area contributed by atoms with Crippen molar-refractivity contribution in [2.24, 2.45) is 0 Å². The molecule has 90 valence electrons. The number of thiophene rings is 1. The van der Waals surface area contributed by atoms with E-state index in [0.29, 0.717) is 19.0 Å². The van der Waals surface area contributed by atoms with Gasteiger partial charge in [-0.25, -0.2) is 0 Å². The largest absolute Gasteiger partial charge is 0.356 e. The van der Waals surface area contributed by atoms with Crippen LogP contribution in [0.3, 0.4) is 0 Å². The molecular weight excluding hydrogens is 220 g/mol. The van der Waals surface area contributed by atoms with Gasteiger partial charge in [0.2, 0.25) is 5.91 Å². The van der Waals surface area contributed by atoms with Crippen molar-refractivity contribution in [2.75, 3.05) is 13.1 Å². The molecule has 1 amide bonds. The number of carbonyl (C=O) groups excluding carboxylic acids is 1. The highest BCUT2D eigenvalue weighted by Gasteiger charge is 2.09. The number of hydrogen-bond acceptors (Lipinski definition) is 3. The lowest BCUT2D eigenvalue weighted by Crippen LogP contribution is -2.28. The molecule has 1 heterocycles. The fourth-order valence-electron chi connectivity index (χ4n) is 1.61. The minimum atomic E-state index is 0.116. The van der Waals surface area contributed by atoms with E-state index >= 15 is 0 Å². The van der Waals surface area contributed by atoms with E-state index in [0.717, 1.165) is 6.54 Å². The summed E-state index contributed by atoms with van der Waals surface area (Å²) in [5.41, 5.74) is 1.32. The average molecular weight is 240 g/mol. The smallest absolute Gasteiger partial charge is 0.221 e. The molecule has 0 saturated heterocycles. The normalized spacial score (nSPS) is 12.4. The molecule has 4 heteroatoms. The van der Waals surface area contributed by atoms with E-state index in [-0.39, 0.29) is 5.91 Å².